The van der Waals surface area contributed by atoms with Crippen LogP contribution in [0, 0.1) is 5.92 Å². The van der Waals surface area contributed by atoms with Crippen molar-refractivity contribution in [2.75, 3.05) is 13.1 Å². The van der Waals surface area contributed by atoms with E-state index in [0.29, 0.717) is 24.7 Å². The molecule has 17 heavy (non-hydrogen) atoms. The fourth-order valence-electron chi connectivity index (χ4n) is 3.38. The van der Waals surface area contributed by atoms with Crippen LogP contribution in [0.25, 0.3) is 0 Å². The highest BCUT2D eigenvalue weighted by molar-refractivity contribution is 5.78. The number of hydrogen-bond acceptors (Lipinski definition) is 3. The van der Waals surface area contributed by atoms with Crippen molar-refractivity contribution in [2.24, 2.45) is 11.7 Å². The molecule has 1 saturated carbocycles. The average molecular weight is 237 g/mol. The fourth-order valence-corrected chi connectivity index (χ4v) is 3.38. The Balaban J connectivity index is 1.49. The number of rotatable bonds is 4. The summed E-state index contributed by atoms with van der Waals surface area (Å²) in [4.78, 5) is 14.3. The number of fused-ring (bicyclic) bond motifs is 2. The topological polar surface area (TPSA) is 58.4 Å². The Morgan fingerprint density at radius 2 is 1.82 bits per heavy atom. The lowest BCUT2D eigenvalue weighted by Crippen LogP contribution is -2.51. The molecule has 0 spiro atoms. The van der Waals surface area contributed by atoms with Gasteiger partial charge in [0.05, 0.1) is 6.54 Å². The molecule has 0 aromatic heterocycles. The van der Waals surface area contributed by atoms with E-state index in [0.717, 1.165) is 25.3 Å². The van der Waals surface area contributed by atoms with Crippen molar-refractivity contribution in [3.63, 3.8) is 0 Å². The maximum Gasteiger partial charge on any atom is 0.234 e. The van der Waals surface area contributed by atoms with Gasteiger partial charge in [0.1, 0.15) is 0 Å². The third kappa shape index (κ3) is 2.63. The lowest BCUT2D eigenvalue weighted by molar-refractivity contribution is -0.123. The first-order valence-corrected chi connectivity index (χ1v) is 7.00. The van der Waals surface area contributed by atoms with Gasteiger partial charge in [-0.15, -0.1) is 0 Å². The summed E-state index contributed by atoms with van der Waals surface area (Å²) in [5.41, 5.74) is 6.03. The van der Waals surface area contributed by atoms with Crippen molar-refractivity contribution in [3.8, 4) is 0 Å². The Morgan fingerprint density at radius 1 is 1.18 bits per heavy atom. The maximum absolute atomic E-state index is 11.9. The molecule has 96 valence electrons. The van der Waals surface area contributed by atoms with Crippen LogP contribution in [0.15, 0.2) is 0 Å². The largest absolute Gasteiger partial charge is 0.355 e. The van der Waals surface area contributed by atoms with Crippen molar-refractivity contribution in [1.82, 2.24) is 10.2 Å². The zero-order valence-corrected chi connectivity index (χ0v) is 10.4. The van der Waals surface area contributed by atoms with E-state index >= 15 is 0 Å². The van der Waals surface area contributed by atoms with Gasteiger partial charge in [0.2, 0.25) is 5.91 Å². The van der Waals surface area contributed by atoms with E-state index in [1.807, 2.05) is 0 Å². The molecular weight excluding hydrogens is 214 g/mol. The van der Waals surface area contributed by atoms with Crippen molar-refractivity contribution < 1.29 is 4.79 Å². The monoisotopic (exact) mass is 237 g/mol. The van der Waals surface area contributed by atoms with Crippen LogP contribution < -0.4 is 11.1 Å². The molecule has 2 atom stereocenters. The molecular formula is C13H23N3O. The summed E-state index contributed by atoms with van der Waals surface area (Å²) >= 11 is 0. The molecule has 1 amide bonds. The fraction of sp³-hybridized carbons (Fsp3) is 0.923. The minimum atomic E-state index is 0.212. The summed E-state index contributed by atoms with van der Waals surface area (Å²) in [6, 6.07) is 1.49. The molecule has 0 aromatic carbocycles. The van der Waals surface area contributed by atoms with Crippen molar-refractivity contribution >= 4 is 5.91 Å². The van der Waals surface area contributed by atoms with Crippen LogP contribution in [0.1, 0.15) is 38.5 Å². The minimum absolute atomic E-state index is 0.212. The van der Waals surface area contributed by atoms with E-state index in [1.165, 1.54) is 25.7 Å². The zero-order chi connectivity index (χ0) is 11.8. The molecule has 3 aliphatic rings. The van der Waals surface area contributed by atoms with Gasteiger partial charge in [-0.3, -0.25) is 9.69 Å². The van der Waals surface area contributed by atoms with Gasteiger partial charge in [0, 0.05) is 24.7 Å². The highest BCUT2D eigenvalue weighted by atomic mass is 16.2. The third-order valence-corrected chi connectivity index (χ3v) is 4.53. The number of nitrogens with zero attached hydrogens (tertiary/aromatic N) is 1. The van der Waals surface area contributed by atoms with Gasteiger partial charge < -0.3 is 11.1 Å². The van der Waals surface area contributed by atoms with E-state index in [4.69, 9.17) is 5.73 Å². The van der Waals surface area contributed by atoms with Crippen LogP contribution in [-0.4, -0.2) is 42.0 Å². The zero-order valence-electron chi connectivity index (χ0n) is 10.4. The normalized spacial score (nSPS) is 37.1. The van der Waals surface area contributed by atoms with E-state index in [2.05, 4.69) is 10.2 Å². The SMILES string of the molecule is NC1CC2CCC(C1)N2CC(=O)NCC1CC1. The number of carbonyl (C=O) groups is 1. The maximum atomic E-state index is 11.9. The summed E-state index contributed by atoms with van der Waals surface area (Å²) in [7, 11) is 0. The predicted molar refractivity (Wildman–Crippen MR) is 66.5 cm³/mol. The molecule has 0 radical (unpaired) electrons. The molecule has 4 heteroatoms. The quantitative estimate of drug-likeness (QED) is 0.747. The second kappa shape index (κ2) is 4.58. The molecule has 1 aliphatic carbocycles. The number of nitrogens with two attached hydrogens (primary N) is 1. The first-order chi connectivity index (χ1) is 8.22. The summed E-state index contributed by atoms with van der Waals surface area (Å²) < 4.78 is 0. The predicted octanol–water partition coefficient (Wildman–Crippen LogP) is 0.467. The Labute approximate surface area is 103 Å². The number of amides is 1. The van der Waals surface area contributed by atoms with Crippen LogP contribution in [0.5, 0.6) is 0 Å². The van der Waals surface area contributed by atoms with Crippen LogP contribution in [0.3, 0.4) is 0 Å². The molecule has 3 fully saturated rings. The van der Waals surface area contributed by atoms with Gasteiger partial charge >= 0.3 is 0 Å². The van der Waals surface area contributed by atoms with Crippen LogP contribution in [0.2, 0.25) is 0 Å². The summed E-state index contributed by atoms with van der Waals surface area (Å²) in [5.74, 6) is 0.981. The highest BCUT2D eigenvalue weighted by Gasteiger charge is 2.40. The number of hydrogen-bond donors (Lipinski definition) is 2. The molecule has 2 unspecified atom stereocenters. The molecule has 2 saturated heterocycles. The van der Waals surface area contributed by atoms with E-state index in [-0.39, 0.29) is 5.91 Å². The second-order valence-corrected chi connectivity index (χ2v) is 6.04. The Bertz CT molecular complexity index is 289. The van der Waals surface area contributed by atoms with Gasteiger partial charge in [-0.05, 0) is 44.4 Å². The van der Waals surface area contributed by atoms with E-state index in [1.54, 1.807) is 0 Å². The second-order valence-electron chi connectivity index (χ2n) is 6.04. The molecule has 2 aliphatic heterocycles. The van der Waals surface area contributed by atoms with Gasteiger partial charge in [-0.1, -0.05) is 0 Å². The molecule has 0 aromatic rings. The lowest BCUT2D eigenvalue weighted by Gasteiger charge is -2.37. The Hall–Kier alpha value is -0.610. The number of piperidine rings is 1. The molecule has 3 N–H and O–H groups in total. The minimum Gasteiger partial charge on any atom is -0.355 e. The lowest BCUT2D eigenvalue weighted by atomic mass is 9.98. The average Bonchev–Trinajstić information content (AvgIpc) is 3.07. The van der Waals surface area contributed by atoms with Gasteiger partial charge in [0.15, 0.2) is 0 Å². The van der Waals surface area contributed by atoms with Gasteiger partial charge in [-0.2, -0.15) is 0 Å². The number of nitrogens with one attached hydrogen (secondary N) is 1. The summed E-state index contributed by atoms with van der Waals surface area (Å²) in [6.45, 7) is 1.48. The molecule has 3 rings (SSSR count). The number of carbonyl (C=O) groups excluding carboxylic acids is 1. The van der Waals surface area contributed by atoms with E-state index in [9.17, 15) is 4.79 Å². The van der Waals surface area contributed by atoms with E-state index < -0.39 is 0 Å². The van der Waals surface area contributed by atoms with Crippen molar-refractivity contribution in [3.05, 3.63) is 0 Å². The molecule has 4 nitrogen and oxygen atoms in total. The van der Waals surface area contributed by atoms with Crippen LogP contribution in [-0.2, 0) is 4.79 Å². The van der Waals surface area contributed by atoms with Crippen LogP contribution >= 0.6 is 0 Å². The summed E-state index contributed by atoms with van der Waals surface area (Å²) in [5, 5.41) is 3.06. The van der Waals surface area contributed by atoms with Crippen molar-refractivity contribution in [2.45, 2.75) is 56.7 Å². The first kappa shape index (κ1) is 11.5. The Kier molecular flexibility index (Phi) is 3.09. The standard InChI is InChI=1S/C13H23N3O/c14-10-5-11-3-4-12(6-10)16(11)8-13(17)15-7-9-1-2-9/h9-12H,1-8,14H2,(H,15,17). The highest BCUT2D eigenvalue weighted by Crippen LogP contribution is 2.34. The molecule has 2 heterocycles. The van der Waals surface area contributed by atoms with Gasteiger partial charge in [-0.25, -0.2) is 0 Å². The van der Waals surface area contributed by atoms with Crippen molar-refractivity contribution in [1.29, 1.82) is 0 Å². The summed E-state index contributed by atoms with van der Waals surface area (Å²) in [6.07, 6.45) is 7.20. The smallest absolute Gasteiger partial charge is 0.234 e. The first-order valence-electron chi connectivity index (χ1n) is 7.00. The molecule has 2 bridgehead atoms. The van der Waals surface area contributed by atoms with Crippen LogP contribution in [0.4, 0.5) is 0 Å². The Morgan fingerprint density at radius 3 is 2.41 bits per heavy atom. The van der Waals surface area contributed by atoms with Gasteiger partial charge in [0.25, 0.3) is 0 Å². The third-order valence-electron chi connectivity index (χ3n) is 4.53.